The fraction of sp³-hybridized carbons (Fsp3) is 0.200. The van der Waals surface area contributed by atoms with Crippen LogP contribution in [0.25, 0.3) is 10.1 Å². The smallest absolute Gasteiger partial charge is 0.138 e. The molecule has 14 heavy (non-hydrogen) atoms. The number of ether oxygens (including phenoxy) is 1. The highest BCUT2D eigenvalue weighted by atomic mass is 79.9. The van der Waals surface area contributed by atoms with E-state index in [1.807, 2.05) is 5.38 Å². The molecular weight excluding hydrogens is 328 g/mol. The normalized spacial score (nSPS) is 10.8. The topological polar surface area (TPSA) is 9.23 Å². The minimum atomic E-state index is 0.875. The lowest BCUT2D eigenvalue weighted by atomic mass is 10.2. The third kappa shape index (κ3) is 1.59. The van der Waals surface area contributed by atoms with Gasteiger partial charge in [0.15, 0.2) is 0 Å². The number of benzene rings is 1. The summed E-state index contributed by atoms with van der Waals surface area (Å²) in [5.41, 5.74) is 1.30. The molecule has 0 N–H and O–H groups in total. The molecule has 0 radical (unpaired) electrons. The van der Waals surface area contributed by atoms with Crippen molar-refractivity contribution in [3.05, 3.63) is 27.5 Å². The molecule has 0 spiro atoms. The molecule has 1 heterocycles. The molecule has 0 atom stereocenters. The van der Waals surface area contributed by atoms with Crippen molar-refractivity contribution in [2.75, 3.05) is 7.11 Å². The molecule has 1 aromatic heterocycles. The van der Waals surface area contributed by atoms with Gasteiger partial charge in [-0.2, -0.15) is 0 Å². The molecule has 2 rings (SSSR count). The van der Waals surface area contributed by atoms with Gasteiger partial charge in [-0.3, -0.25) is 0 Å². The van der Waals surface area contributed by atoms with Crippen molar-refractivity contribution in [1.82, 2.24) is 0 Å². The lowest BCUT2D eigenvalue weighted by Gasteiger charge is -2.02. The first-order chi connectivity index (χ1) is 6.77. The molecule has 0 aliphatic rings. The Balaban J connectivity index is 2.80. The zero-order valence-corrected chi connectivity index (χ0v) is 11.5. The summed E-state index contributed by atoms with van der Waals surface area (Å²) in [6.07, 6.45) is 0. The summed E-state index contributed by atoms with van der Waals surface area (Å²) in [7, 11) is 1.70. The van der Waals surface area contributed by atoms with Gasteiger partial charge in [0.1, 0.15) is 5.75 Å². The Morgan fingerprint density at radius 3 is 2.86 bits per heavy atom. The van der Waals surface area contributed by atoms with Gasteiger partial charge < -0.3 is 4.74 Å². The van der Waals surface area contributed by atoms with Gasteiger partial charge in [-0.05, 0) is 27.6 Å². The molecule has 0 aliphatic heterocycles. The van der Waals surface area contributed by atoms with E-state index in [-0.39, 0.29) is 0 Å². The molecule has 4 heteroatoms. The van der Waals surface area contributed by atoms with E-state index in [2.05, 4.69) is 44.0 Å². The van der Waals surface area contributed by atoms with Crippen molar-refractivity contribution in [2.45, 2.75) is 5.33 Å². The molecule has 2 aromatic rings. The number of hydrogen-bond donors (Lipinski definition) is 0. The second-order valence-corrected chi connectivity index (χ2v) is 5.14. The number of hydrogen-bond acceptors (Lipinski definition) is 2. The summed E-state index contributed by atoms with van der Waals surface area (Å²) in [6.45, 7) is 0. The third-order valence-electron chi connectivity index (χ3n) is 2.08. The van der Waals surface area contributed by atoms with Gasteiger partial charge in [-0.25, -0.2) is 0 Å². The molecule has 0 saturated heterocycles. The summed E-state index contributed by atoms with van der Waals surface area (Å²) in [5, 5.41) is 4.09. The first-order valence-corrected chi connectivity index (χ1v) is 6.86. The van der Waals surface area contributed by atoms with Crippen LogP contribution in [0, 0.1) is 0 Å². The predicted molar refractivity (Wildman–Crippen MR) is 68.7 cm³/mol. The van der Waals surface area contributed by atoms with E-state index >= 15 is 0 Å². The summed E-state index contributed by atoms with van der Waals surface area (Å²) in [5.74, 6) is 0.944. The van der Waals surface area contributed by atoms with Crippen LogP contribution >= 0.6 is 43.2 Å². The van der Waals surface area contributed by atoms with E-state index in [0.717, 1.165) is 15.6 Å². The summed E-state index contributed by atoms with van der Waals surface area (Å²) < 4.78 is 7.69. The molecule has 0 aliphatic carbocycles. The first kappa shape index (κ1) is 10.5. The highest BCUT2D eigenvalue weighted by Crippen LogP contribution is 2.39. The van der Waals surface area contributed by atoms with Crippen LogP contribution in [0.3, 0.4) is 0 Å². The van der Waals surface area contributed by atoms with E-state index in [9.17, 15) is 0 Å². The zero-order valence-electron chi connectivity index (χ0n) is 7.51. The molecule has 0 saturated carbocycles. The minimum Gasteiger partial charge on any atom is -0.495 e. The molecule has 0 bridgehead atoms. The van der Waals surface area contributed by atoms with E-state index in [4.69, 9.17) is 4.74 Å². The molecule has 0 amide bonds. The Morgan fingerprint density at radius 2 is 2.21 bits per heavy atom. The van der Waals surface area contributed by atoms with E-state index in [1.54, 1.807) is 18.4 Å². The van der Waals surface area contributed by atoms with Gasteiger partial charge in [-0.1, -0.05) is 22.0 Å². The van der Waals surface area contributed by atoms with Gasteiger partial charge in [0.05, 0.1) is 7.11 Å². The SMILES string of the molecule is COc1csc2c(CBr)ccc(Br)c12. The highest BCUT2D eigenvalue weighted by molar-refractivity contribution is 9.10. The molecule has 0 fully saturated rings. The predicted octanol–water partition coefficient (Wildman–Crippen LogP) is 4.57. The maximum Gasteiger partial charge on any atom is 0.138 e. The highest BCUT2D eigenvalue weighted by Gasteiger charge is 2.10. The Hall–Kier alpha value is -0.0600. The van der Waals surface area contributed by atoms with Crippen molar-refractivity contribution < 1.29 is 4.74 Å². The van der Waals surface area contributed by atoms with Crippen LogP contribution in [0.15, 0.2) is 22.0 Å². The van der Waals surface area contributed by atoms with Crippen LogP contribution in [-0.2, 0) is 5.33 Å². The minimum absolute atomic E-state index is 0.875. The summed E-state index contributed by atoms with van der Waals surface area (Å²) in [6, 6.07) is 4.19. The Kier molecular flexibility index (Phi) is 3.14. The second-order valence-electron chi connectivity index (χ2n) is 2.85. The lowest BCUT2D eigenvalue weighted by molar-refractivity contribution is 0.421. The monoisotopic (exact) mass is 334 g/mol. The molecule has 0 unspecified atom stereocenters. The fourth-order valence-electron chi connectivity index (χ4n) is 1.39. The van der Waals surface area contributed by atoms with Gasteiger partial charge in [0.2, 0.25) is 0 Å². The Labute approximate surface area is 103 Å². The van der Waals surface area contributed by atoms with E-state index < -0.39 is 0 Å². The van der Waals surface area contributed by atoms with Gasteiger partial charge >= 0.3 is 0 Å². The number of methoxy groups -OCH3 is 1. The van der Waals surface area contributed by atoms with Gasteiger partial charge in [-0.15, -0.1) is 11.3 Å². The van der Waals surface area contributed by atoms with Crippen molar-refractivity contribution in [3.63, 3.8) is 0 Å². The molecular formula is C10H8Br2OS. The van der Waals surface area contributed by atoms with Crippen LogP contribution in [-0.4, -0.2) is 7.11 Å². The number of halogens is 2. The fourth-order valence-corrected chi connectivity index (χ4v) is 3.76. The number of rotatable bonds is 2. The Morgan fingerprint density at radius 1 is 1.43 bits per heavy atom. The average Bonchev–Trinajstić information content (AvgIpc) is 2.63. The van der Waals surface area contributed by atoms with Crippen LogP contribution in [0.5, 0.6) is 5.75 Å². The molecule has 74 valence electrons. The first-order valence-electron chi connectivity index (χ1n) is 4.06. The quantitative estimate of drug-likeness (QED) is 0.730. The molecule has 1 nitrogen and oxygen atoms in total. The van der Waals surface area contributed by atoms with Crippen LogP contribution < -0.4 is 4.74 Å². The van der Waals surface area contributed by atoms with Crippen LogP contribution in [0.1, 0.15) is 5.56 Å². The largest absolute Gasteiger partial charge is 0.495 e. The van der Waals surface area contributed by atoms with Crippen LogP contribution in [0.4, 0.5) is 0 Å². The van der Waals surface area contributed by atoms with Crippen molar-refractivity contribution in [3.8, 4) is 5.75 Å². The van der Waals surface area contributed by atoms with Gasteiger partial charge in [0, 0.05) is 25.3 Å². The standard InChI is InChI=1S/C10H8Br2OS/c1-13-8-5-14-10-6(4-11)2-3-7(12)9(8)10/h2-3,5H,4H2,1H3. The number of fused-ring (bicyclic) bond motifs is 1. The number of alkyl halides is 1. The third-order valence-corrected chi connectivity index (χ3v) is 4.38. The maximum atomic E-state index is 5.31. The zero-order chi connectivity index (χ0) is 10.1. The van der Waals surface area contributed by atoms with Crippen molar-refractivity contribution in [1.29, 1.82) is 0 Å². The lowest BCUT2D eigenvalue weighted by Crippen LogP contribution is -1.82. The van der Waals surface area contributed by atoms with Gasteiger partial charge in [0.25, 0.3) is 0 Å². The van der Waals surface area contributed by atoms with Crippen molar-refractivity contribution in [2.24, 2.45) is 0 Å². The molecule has 1 aromatic carbocycles. The average molecular weight is 336 g/mol. The second kappa shape index (κ2) is 4.21. The van der Waals surface area contributed by atoms with Crippen molar-refractivity contribution >= 4 is 53.3 Å². The number of thiophene rings is 1. The van der Waals surface area contributed by atoms with E-state index in [0.29, 0.717) is 0 Å². The summed E-state index contributed by atoms with van der Waals surface area (Å²) >= 11 is 8.75. The maximum absolute atomic E-state index is 5.31. The summed E-state index contributed by atoms with van der Waals surface area (Å²) in [4.78, 5) is 0. The van der Waals surface area contributed by atoms with E-state index in [1.165, 1.54) is 15.6 Å². The van der Waals surface area contributed by atoms with Crippen LogP contribution in [0.2, 0.25) is 0 Å². The Bertz CT molecular complexity index is 464.